The standard InChI is InChI=1S/C18H21N3/c1-12-8-9-15-16(12)19-18(21-11-10-13(21)2)20-17(15)14-6-4-3-5-7-14/h3-7,12-13H,8-11H2,1-2H3/t12?,13-/m0/s1. The Morgan fingerprint density at radius 1 is 1.05 bits per heavy atom. The molecular formula is C18H21N3. The third-order valence-corrected chi connectivity index (χ3v) is 4.95. The van der Waals surface area contributed by atoms with Gasteiger partial charge in [0.1, 0.15) is 0 Å². The van der Waals surface area contributed by atoms with Gasteiger partial charge in [-0.3, -0.25) is 0 Å². The smallest absolute Gasteiger partial charge is 0.226 e. The van der Waals surface area contributed by atoms with Crippen LogP contribution in [0, 0.1) is 0 Å². The van der Waals surface area contributed by atoms with Crippen LogP contribution in [0.5, 0.6) is 0 Å². The van der Waals surface area contributed by atoms with Crippen LogP contribution in [0.25, 0.3) is 11.3 Å². The quantitative estimate of drug-likeness (QED) is 0.837. The fourth-order valence-electron chi connectivity index (χ4n) is 3.42. The van der Waals surface area contributed by atoms with Crippen LogP contribution in [0.4, 0.5) is 5.95 Å². The van der Waals surface area contributed by atoms with Crippen molar-refractivity contribution in [2.75, 3.05) is 11.4 Å². The van der Waals surface area contributed by atoms with Gasteiger partial charge in [0.05, 0.1) is 11.4 Å². The van der Waals surface area contributed by atoms with Crippen molar-refractivity contribution in [2.24, 2.45) is 0 Å². The molecule has 0 N–H and O–H groups in total. The van der Waals surface area contributed by atoms with Crippen LogP contribution in [0.3, 0.4) is 0 Å². The van der Waals surface area contributed by atoms with Crippen molar-refractivity contribution in [2.45, 2.75) is 45.1 Å². The number of nitrogens with zero attached hydrogens (tertiary/aromatic N) is 3. The number of rotatable bonds is 2. The second kappa shape index (κ2) is 4.83. The zero-order valence-corrected chi connectivity index (χ0v) is 12.7. The van der Waals surface area contributed by atoms with E-state index in [2.05, 4.69) is 49.1 Å². The third-order valence-electron chi connectivity index (χ3n) is 4.95. The van der Waals surface area contributed by atoms with E-state index in [0.717, 1.165) is 24.6 Å². The molecule has 1 fully saturated rings. The minimum absolute atomic E-state index is 0.556. The number of hydrogen-bond acceptors (Lipinski definition) is 3. The topological polar surface area (TPSA) is 29.0 Å². The normalized spacial score (nSPS) is 23.8. The maximum absolute atomic E-state index is 4.94. The van der Waals surface area contributed by atoms with Crippen molar-refractivity contribution in [3.05, 3.63) is 41.6 Å². The molecule has 2 aliphatic rings. The highest BCUT2D eigenvalue weighted by atomic mass is 15.3. The van der Waals surface area contributed by atoms with Gasteiger partial charge in [0.15, 0.2) is 0 Å². The summed E-state index contributed by atoms with van der Waals surface area (Å²) in [6, 6.07) is 11.1. The van der Waals surface area contributed by atoms with E-state index in [4.69, 9.17) is 9.97 Å². The van der Waals surface area contributed by atoms with Crippen molar-refractivity contribution >= 4 is 5.95 Å². The van der Waals surface area contributed by atoms with Crippen LogP contribution in [0.2, 0.25) is 0 Å². The molecular weight excluding hydrogens is 258 g/mol. The first-order chi connectivity index (χ1) is 10.2. The Morgan fingerprint density at radius 2 is 1.86 bits per heavy atom. The summed E-state index contributed by atoms with van der Waals surface area (Å²) in [6.07, 6.45) is 3.55. The second-order valence-electron chi connectivity index (χ2n) is 6.37. The molecule has 0 radical (unpaired) electrons. The highest BCUT2D eigenvalue weighted by Gasteiger charge is 2.31. The predicted octanol–water partition coefficient (Wildman–Crippen LogP) is 3.79. The molecule has 1 aromatic carbocycles. The summed E-state index contributed by atoms with van der Waals surface area (Å²) in [7, 11) is 0. The second-order valence-corrected chi connectivity index (χ2v) is 6.37. The first-order valence-electron chi connectivity index (χ1n) is 7.97. The molecule has 3 nitrogen and oxygen atoms in total. The fraction of sp³-hybridized carbons (Fsp3) is 0.444. The van der Waals surface area contributed by atoms with Gasteiger partial charge >= 0.3 is 0 Å². The van der Waals surface area contributed by atoms with Gasteiger partial charge in [-0.1, -0.05) is 37.3 Å². The molecule has 0 spiro atoms. The number of benzene rings is 1. The van der Waals surface area contributed by atoms with E-state index in [-0.39, 0.29) is 0 Å². The average Bonchev–Trinajstić information content (AvgIpc) is 2.87. The van der Waals surface area contributed by atoms with Gasteiger partial charge in [0.25, 0.3) is 0 Å². The van der Waals surface area contributed by atoms with Gasteiger partial charge in [-0.05, 0) is 32.1 Å². The Hall–Kier alpha value is -1.90. The van der Waals surface area contributed by atoms with Crippen LogP contribution >= 0.6 is 0 Å². The highest BCUT2D eigenvalue weighted by molar-refractivity contribution is 5.67. The molecule has 1 aliphatic carbocycles. The number of aromatic nitrogens is 2. The molecule has 1 unspecified atom stereocenters. The monoisotopic (exact) mass is 279 g/mol. The lowest BCUT2D eigenvalue weighted by molar-refractivity contribution is 0.469. The Bertz CT molecular complexity index is 666. The van der Waals surface area contributed by atoms with E-state index in [1.807, 2.05) is 0 Å². The van der Waals surface area contributed by atoms with E-state index in [1.54, 1.807) is 0 Å². The first kappa shape index (κ1) is 12.8. The summed E-state index contributed by atoms with van der Waals surface area (Å²) < 4.78 is 0. The van der Waals surface area contributed by atoms with Gasteiger partial charge < -0.3 is 4.90 Å². The summed E-state index contributed by atoms with van der Waals surface area (Å²) >= 11 is 0. The minimum atomic E-state index is 0.556. The molecule has 0 bridgehead atoms. The zero-order chi connectivity index (χ0) is 14.4. The lowest BCUT2D eigenvalue weighted by atomic mass is 10.0. The van der Waals surface area contributed by atoms with Crippen LogP contribution < -0.4 is 4.90 Å². The molecule has 21 heavy (non-hydrogen) atoms. The zero-order valence-electron chi connectivity index (χ0n) is 12.7. The molecule has 1 saturated heterocycles. The van der Waals surface area contributed by atoms with Crippen molar-refractivity contribution in [1.29, 1.82) is 0 Å². The van der Waals surface area contributed by atoms with Crippen LogP contribution in [-0.2, 0) is 6.42 Å². The minimum Gasteiger partial charge on any atom is -0.338 e. The molecule has 108 valence electrons. The molecule has 2 atom stereocenters. The first-order valence-corrected chi connectivity index (χ1v) is 7.97. The molecule has 0 amide bonds. The molecule has 1 aromatic heterocycles. The highest BCUT2D eigenvalue weighted by Crippen LogP contribution is 2.38. The van der Waals surface area contributed by atoms with Gasteiger partial charge in [-0.25, -0.2) is 9.97 Å². The summed E-state index contributed by atoms with van der Waals surface area (Å²) in [5, 5.41) is 0. The molecule has 2 aromatic rings. The Balaban J connectivity index is 1.87. The Morgan fingerprint density at radius 3 is 2.52 bits per heavy atom. The molecule has 2 heterocycles. The number of anilines is 1. The van der Waals surface area contributed by atoms with Gasteiger partial charge in [0, 0.05) is 23.7 Å². The van der Waals surface area contributed by atoms with E-state index in [9.17, 15) is 0 Å². The Kier molecular flexibility index (Phi) is 2.95. The van der Waals surface area contributed by atoms with E-state index < -0.39 is 0 Å². The summed E-state index contributed by atoms with van der Waals surface area (Å²) in [5.41, 5.74) is 5.02. The van der Waals surface area contributed by atoms with Crippen molar-refractivity contribution in [3.8, 4) is 11.3 Å². The predicted molar refractivity (Wildman–Crippen MR) is 85.6 cm³/mol. The molecule has 0 saturated carbocycles. The number of fused-ring (bicyclic) bond motifs is 1. The SMILES string of the molecule is CC1CCc2c(-c3ccccc3)nc(N3CC[C@@H]3C)nc21. The fourth-order valence-corrected chi connectivity index (χ4v) is 3.42. The molecule has 4 rings (SSSR count). The maximum atomic E-state index is 4.94. The van der Waals surface area contributed by atoms with Crippen LogP contribution in [0.15, 0.2) is 30.3 Å². The van der Waals surface area contributed by atoms with Crippen molar-refractivity contribution in [3.63, 3.8) is 0 Å². The van der Waals surface area contributed by atoms with Crippen molar-refractivity contribution < 1.29 is 0 Å². The van der Waals surface area contributed by atoms with Gasteiger partial charge in [0.2, 0.25) is 5.95 Å². The summed E-state index contributed by atoms with van der Waals surface area (Å²) in [6.45, 7) is 5.63. The Labute approximate surface area is 126 Å². The van der Waals surface area contributed by atoms with Gasteiger partial charge in [-0.2, -0.15) is 0 Å². The summed E-state index contributed by atoms with van der Waals surface area (Å²) in [4.78, 5) is 12.2. The number of hydrogen-bond donors (Lipinski definition) is 0. The molecule has 1 aliphatic heterocycles. The lowest BCUT2D eigenvalue weighted by Gasteiger charge is -2.39. The van der Waals surface area contributed by atoms with E-state index in [1.165, 1.54) is 29.7 Å². The van der Waals surface area contributed by atoms with E-state index >= 15 is 0 Å². The largest absolute Gasteiger partial charge is 0.338 e. The third kappa shape index (κ3) is 2.03. The van der Waals surface area contributed by atoms with Crippen molar-refractivity contribution in [1.82, 2.24) is 9.97 Å². The molecule has 3 heteroatoms. The van der Waals surface area contributed by atoms with Gasteiger partial charge in [-0.15, -0.1) is 0 Å². The maximum Gasteiger partial charge on any atom is 0.226 e. The average molecular weight is 279 g/mol. The van der Waals surface area contributed by atoms with Crippen LogP contribution in [-0.4, -0.2) is 22.6 Å². The van der Waals surface area contributed by atoms with Crippen LogP contribution in [0.1, 0.15) is 43.9 Å². The van der Waals surface area contributed by atoms with E-state index in [0.29, 0.717) is 12.0 Å². The lowest BCUT2D eigenvalue weighted by Crippen LogP contribution is -2.46. The summed E-state index contributed by atoms with van der Waals surface area (Å²) in [5.74, 6) is 1.49.